The highest BCUT2D eigenvalue weighted by molar-refractivity contribution is 7.90. The molecule has 0 aromatic carbocycles. The molecule has 1 N–H and O–H groups in total. The van der Waals surface area contributed by atoms with E-state index in [0.29, 0.717) is 11.8 Å². The van der Waals surface area contributed by atoms with Crippen molar-refractivity contribution in [2.75, 3.05) is 38.2 Å². The molecule has 0 aromatic heterocycles. The van der Waals surface area contributed by atoms with Crippen molar-refractivity contribution >= 4 is 9.84 Å². The van der Waals surface area contributed by atoms with Crippen LogP contribution in [0.2, 0.25) is 0 Å². The van der Waals surface area contributed by atoms with Gasteiger partial charge in [-0.05, 0) is 38.9 Å². The molecule has 0 saturated carbocycles. The van der Waals surface area contributed by atoms with E-state index >= 15 is 0 Å². The quantitative estimate of drug-likeness (QED) is 0.772. The summed E-state index contributed by atoms with van der Waals surface area (Å²) in [5.41, 5.74) is 0. The summed E-state index contributed by atoms with van der Waals surface area (Å²) in [7, 11) is -2.80. The van der Waals surface area contributed by atoms with E-state index in [1.54, 1.807) is 0 Å². The first kappa shape index (κ1) is 14.9. The van der Waals surface area contributed by atoms with Crippen molar-refractivity contribution in [1.82, 2.24) is 10.2 Å². The standard InChI is InChI=1S/C12H26N2O2S/c1-3-6-12-11-14(8-4-7-13-12)9-5-10-17(2,15)16/h12-13H,3-11H2,1-2H3. The van der Waals surface area contributed by atoms with E-state index in [4.69, 9.17) is 0 Å². The number of hydrogen-bond acceptors (Lipinski definition) is 4. The monoisotopic (exact) mass is 262 g/mol. The molecule has 0 spiro atoms. The van der Waals surface area contributed by atoms with E-state index < -0.39 is 9.84 Å². The third-order valence-electron chi connectivity index (χ3n) is 3.19. The molecule has 1 unspecified atom stereocenters. The van der Waals surface area contributed by atoms with E-state index in [-0.39, 0.29) is 0 Å². The predicted octanol–water partition coefficient (Wildman–Crippen LogP) is 0.885. The van der Waals surface area contributed by atoms with Crippen molar-refractivity contribution in [3.05, 3.63) is 0 Å². The molecule has 4 nitrogen and oxygen atoms in total. The Morgan fingerprint density at radius 3 is 2.82 bits per heavy atom. The van der Waals surface area contributed by atoms with Gasteiger partial charge in [0.25, 0.3) is 0 Å². The van der Waals surface area contributed by atoms with Crippen LogP contribution in [0.4, 0.5) is 0 Å². The maximum Gasteiger partial charge on any atom is 0.147 e. The Labute approximate surface area is 106 Å². The van der Waals surface area contributed by atoms with Crippen molar-refractivity contribution in [2.24, 2.45) is 0 Å². The molecule has 0 aromatic rings. The third kappa shape index (κ3) is 7.01. The lowest BCUT2D eigenvalue weighted by molar-refractivity contribution is 0.263. The maximum absolute atomic E-state index is 11.1. The van der Waals surface area contributed by atoms with Crippen molar-refractivity contribution in [1.29, 1.82) is 0 Å². The minimum atomic E-state index is -2.80. The second-order valence-electron chi connectivity index (χ2n) is 5.08. The van der Waals surface area contributed by atoms with E-state index in [0.717, 1.165) is 32.6 Å². The fourth-order valence-corrected chi connectivity index (χ4v) is 3.03. The van der Waals surface area contributed by atoms with Crippen LogP contribution < -0.4 is 5.32 Å². The summed E-state index contributed by atoms with van der Waals surface area (Å²) in [5, 5.41) is 3.56. The van der Waals surface area contributed by atoms with Crippen LogP contribution in [0.1, 0.15) is 32.6 Å². The SMILES string of the molecule is CCCC1CN(CCCS(C)(=O)=O)CCCN1. The fraction of sp³-hybridized carbons (Fsp3) is 1.00. The summed E-state index contributed by atoms with van der Waals surface area (Å²) in [6.45, 7) is 6.37. The lowest BCUT2D eigenvalue weighted by Gasteiger charge is -2.23. The van der Waals surface area contributed by atoms with Crippen molar-refractivity contribution < 1.29 is 8.42 Å². The predicted molar refractivity (Wildman–Crippen MR) is 72.1 cm³/mol. The molecule has 1 saturated heterocycles. The minimum Gasteiger partial charge on any atom is -0.313 e. The number of nitrogens with zero attached hydrogens (tertiary/aromatic N) is 1. The Balaban J connectivity index is 2.30. The van der Waals surface area contributed by atoms with Crippen LogP contribution in [0.5, 0.6) is 0 Å². The van der Waals surface area contributed by atoms with Gasteiger partial charge in [-0.1, -0.05) is 13.3 Å². The Kier molecular flexibility index (Phi) is 6.44. The summed E-state index contributed by atoms with van der Waals surface area (Å²) < 4.78 is 22.2. The van der Waals surface area contributed by atoms with Crippen LogP contribution in [0.3, 0.4) is 0 Å². The fourth-order valence-electron chi connectivity index (χ4n) is 2.37. The molecular weight excluding hydrogens is 236 g/mol. The molecule has 1 atom stereocenters. The van der Waals surface area contributed by atoms with E-state index in [1.165, 1.54) is 25.5 Å². The largest absolute Gasteiger partial charge is 0.313 e. The zero-order chi connectivity index (χ0) is 12.7. The zero-order valence-corrected chi connectivity index (χ0v) is 11.9. The molecule has 1 rings (SSSR count). The first-order valence-electron chi connectivity index (χ1n) is 6.64. The lowest BCUT2D eigenvalue weighted by Crippen LogP contribution is -2.38. The number of rotatable bonds is 6. The van der Waals surface area contributed by atoms with Gasteiger partial charge in [-0.3, -0.25) is 0 Å². The second kappa shape index (κ2) is 7.34. The van der Waals surface area contributed by atoms with E-state index in [9.17, 15) is 8.42 Å². The van der Waals surface area contributed by atoms with Crippen LogP contribution in [0.15, 0.2) is 0 Å². The van der Waals surface area contributed by atoms with Crippen LogP contribution >= 0.6 is 0 Å². The van der Waals surface area contributed by atoms with Crippen molar-refractivity contribution in [3.8, 4) is 0 Å². The van der Waals surface area contributed by atoms with Gasteiger partial charge in [0.1, 0.15) is 9.84 Å². The van der Waals surface area contributed by atoms with Gasteiger partial charge in [-0.25, -0.2) is 8.42 Å². The van der Waals surface area contributed by atoms with Crippen molar-refractivity contribution in [3.63, 3.8) is 0 Å². The Hall–Kier alpha value is -0.130. The summed E-state index contributed by atoms with van der Waals surface area (Å²) in [6.07, 6.45) is 5.66. The molecule has 1 aliphatic heterocycles. The summed E-state index contributed by atoms with van der Waals surface area (Å²) in [4.78, 5) is 2.41. The molecule has 1 heterocycles. The molecule has 0 aliphatic carbocycles. The van der Waals surface area contributed by atoms with Gasteiger partial charge in [0, 0.05) is 18.8 Å². The van der Waals surface area contributed by atoms with Crippen LogP contribution in [0.25, 0.3) is 0 Å². The average Bonchev–Trinajstić information content (AvgIpc) is 2.42. The highest BCUT2D eigenvalue weighted by Gasteiger charge is 2.16. The molecule has 17 heavy (non-hydrogen) atoms. The Bertz CT molecular complexity index is 304. The Morgan fingerprint density at radius 2 is 2.18 bits per heavy atom. The first-order chi connectivity index (χ1) is 8.01. The second-order valence-corrected chi connectivity index (χ2v) is 7.34. The molecule has 102 valence electrons. The van der Waals surface area contributed by atoms with Crippen LogP contribution in [0, 0.1) is 0 Å². The molecular formula is C12H26N2O2S. The molecule has 1 fully saturated rings. The van der Waals surface area contributed by atoms with Crippen LogP contribution in [-0.2, 0) is 9.84 Å². The summed E-state index contributed by atoms with van der Waals surface area (Å²) in [6, 6.07) is 0.584. The smallest absolute Gasteiger partial charge is 0.147 e. The van der Waals surface area contributed by atoms with Crippen LogP contribution in [-0.4, -0.2) is 57.5 Å². The highest BCUT2D eigenvalue weighted by Crippen LogP contribution is 2.06. The topological polar surface area (TPSA) is 49.4 Å². The highest BCUT2D eigenvalue weighted by atomic mass is 32.2. The minimum absolute atomic E-state index is 0.315. The Morgan fingerprint density at radius 1 is 1.41 bits per heavy atom. The molecule has 1 aliphatic rings. The lowest BCUT2D eigenvalue weighted by atomic mass is 10.1. The molecule has 0 amide bonds. The normalized spacial score (nSPS) is 23.5. The van der Waals surface area contributed by atoms with Crippen molar-refractivity contribution in [2.45, 2.75) is 38.6 Å². The van der Waals surface area contributed by atoms with Gasteiger partial charge >= 0.3 is 0 Å². The number of hydrogen-bond donors (Lipinski definition) is 1. The van der Waals surface area contributed by atoms with Gasteiger partial charge in [-0.2, -0.15) is 0 Å². The molecule has 5 heteroatoms. The molecule has 0 radical (unpaired) electrons. The number of nitrogens with one attached hydrogen (secondary N) is 1. The van der Waals surface area contributed by atoms with Gasteiger partial charge < -0.3 is 10.2 Å². The summed E-state index contributed by atoms with van der Waals surface area (Å²) in [5.74, 6) is 0.315. The maximum atomic E-state index is 11.1. The zero-order valence-electron chi connectivity index (χ0n) is 11.1. The van der Waals surface area contributed by atoms with E-state index in [1.807, 2.05) is 0 Å². The van der Waals surface area contributed by atoms with Gasteiger partial charge in [0.05, 0.1) is 5.75 Å². The van der Waals surface area contributed by atoms with E-state index in [2.05, 4.69) is 17.1 Å². The third-order valence-corrected chi connectivity index (χ3v) is 4.22. The first-order valence-corrected chi connectivity index (χ1v) is 8.71. The molecule has 0 bridgehead atoms. The number of sulfone groups is 1. The van der Waals surface area contributed by atoms with Gasteiger partial charge in [0.2, 0.25) is 0 Å². The van der Waals surface area contributed by atoms with Gasteiger partial charge in [0.15, 0.2) is 0 Å². The summed E-state index contributed by atoms with van der Waals surface area (Å²) >= 11 is 0. The van der Waals surface area contributed by atoms with Gasteiger partial charge in [-0.15, -0.1) is 0 Å². The average molecular weight is 262 g/mol.